The Morgan fingerprint density at radius 1 is 1.14 bits per heavy atom. The molecule has 1 aromatic rings. The third-order valence-electron chi connectivity index (χ3n) is 6.73. The summed E-state index contributed by atoms with van der Waals surface area (Å²) >= 11 is 12.0. The van der Waals surface area contributed by atoms with Gasteiger partial charge in [-0.15, -0.1) is 0 Å². The molecule has 36 heavy (non-hydrogen) atoms. The fourth-order valence-electron chi connectivity index (χ4n) is 4.56. The maximum atomic E-state index is 12.7. The van der Waals surface area contributed by atoms with E-state index in [0.717, 1.165) is 31.5 Å². The maximum Gasteiger partial charge on any atom is 0.409 e. The van der Waals surface area contributed by atoms with Gasteiger partial charge in [0.25, 0.3) is 0 Å². The molecule has 0 spiro atoms. The Morgan fingerprint density at radius 2 is 1.86 bits per heavy atom. The van der Waals surface area contributed by atoms with Gasteiger partial charge in [-0.25, -0.2) is 4.79 Å². The Kier molecular flexibility index (Phi) is 10.4. The van der Waals surface area contributed by atoms with Gasteiger partial charge in [-0.05, 0) is 36.6 Å². The minimum absolute atomic E-state index is 0.0729. The van der Waals surface area contributed by atoms with Gasteiger partial charge in [-0.2, -0.15) is 0 Å². The molecule has 0 aromatic heterocycles. The van der Waals surface area contributed by atoms with E-state index in [9.17, 15) is 19.5 Å². The first-order chi connectivity index (χ1) is 17.2. The molecule has 0 aliphatic carbocycles. The van der Waals surface area contributed by atoms with E-state index in [1.807, 2.05) is 0 Å². The van der Waals surface area contributed by atoms with Crippen LogP contribution in [0.2, 0.25) is 10.0 Å². The maximum absolute atomic E-state index is 12.7. The molecule has 2 aliphatic rings. The number of ether oxygens (including phenoxy) is 1. The molecule has 0 saturated carbocycles. The summed E-state index contributed by atoms with van der Waals surface area (Å²) in [6, 6.07) is 5.24. The summed E-state index contributed by atoms with van der Waals surface area (Å²) in [4.78, 5) is 44.1. The van der Waals surface area contributed by atoms with Crippen molar-refractivity contribution in [3.63, 3.8) is 0 Å². The van der Waals surface area contributed by atoms with Crippen molar-refractivity contribution in [1.82, 2.24) is 19.6 Å². The van der Waals surface area contributed by atoms with Gasteiger partial charge in [-0.3, -0.25) is 9.59 Å². The fraction of sp³-hybridized carbons (Fsp3) is 0.560. The molecule has 9 nitrogen and oxygen atoms in total. The third kappa shape index (κ3) is 7.83. The highest BCUT2D eigenvalue weighted by Gasteiger charge is 2.28. The van der Waals surface area contributed by atoms with E-state index in [4.69, 9.17) is 27.9 Å². The van der Waals surface area contributed by atoms with E-state index < -0.39 is 6.10 Å². The van der Waals surface area contributed by atoms with Gasteiger partial charge in [0.1, 0.15) is 0 Å². The number of carbonyl (C=O) groups excluding carboxylic acids is 3. The van der Waals surface area contributed by atoms with Crippen molar-refractivity contribution >= 4 is 47.2 Å². The monoisotopic (exact) mass is 540 g/mol. The Bertz CT molecular complexity index is 968. The molecule has 2 saturated heterocycles. The Labute approximate surface area is 222 Å². The largest absolute Gasteiger partial charge is 0.453 e. The van der Waals surface area contributed by atoms with E-state index in [-0.39, 0.29) is 36.9 Å². The minimum Gasteiger partial charge on any atom is -0.453 e. The standard InChI is InChI=1S/C25H34Cl2N4O5/c1-28(25(35)36-2)19-7-10-29(11-8-19)16-20(32)17-31-14-13-30(12-9-24(31)34)23(33)6-4-18-3-5-21(26)22(27)15-18/h3-6,15,19-20,32H,7-14,16-17H2,1-2H3. The van der Waals surface area contributed by atoms with Crippen LogP contribution in [0.25, 0.3) is 6.08 Å². The van der Waals surface area contributed by atoms with Crippen LogP contribution in [-0.2, 0) is 14.3 Å². The molecule has 0 bridgehead atoms. The topological polar surface area (TPSA) is 93.6 Å². The fourth-order valence-corrected chi connectivity index (χ4v) is 4.87. The summed E-state index contributed by atoms with van der Waals surface area (Å²) < 4.78 is 4.78. The zero-order chi connectivity index (χ0) is 26.2. The summed E-state index contributed by atoms with van der Waals surface area (Å²) in [6.45, 7) is 3.28. The number of rotatable bonds is 7. The van der Waals surface area contributed by atoms with Crippen molar-refractivity contribution in [3.8, 4) is 0 Å². The lowest BCUT2D eigenvalue weighted by molar-refractivity contribution is -0.131. The highest BCUT2D eigenvalue weighted by atomic mass is 35.5. The van der Waals surface area contributed by atoms with Crippen molar-refractivity contribution in [2.75, 3.05) is 60.0 Å². The first-order valence-corrected chi connectivity index (χ1v) is 12.8. The van der Waals surface area contributed by atoms with Gasteiger partial charge in [0.2, 0.25) is 11.8 Å². The Balaban J connectivity index is 1.45. The lowest BCUT2D eigenvalue weighted by Gasteiger charge is -2.37. The van der Waals surface area contributed by atoms with E-state index in [0.29, 0.717) is 36.2 Å². The van der Waals surface area contributed by atoms with Crippen molar-refractivity contribution in [3.05, 3.63) is 39.9 Å². The molecular weight excluding hydrogens is 507 g/mol. The first kappa shape index (κ1) is 28.2. The highest BCUT2D eigenvalue weighted by molar-refractivity contribution is 6.42. The average molecular weight is 541 g/mol. The number of aliphatic hydroxyl groups is 1. The van der Waals surface area contributed by atoms with E-state index >= 15 is 0 Å². The number of likely N-dealkylation sites (tertiary alicyclic amines) is 1. The summed E-state index contributed by atoms with van der Waals surface area (Å²) in [7, 11) is 3.11. The van der Waals surface area contributed by atoms with Gasteiger partial charge in [0, 0.05) is 71.4 Å². The van der Waals surface area contributed by atoms with Crippen LogP contribution in [0.3, 0.4) is 0 Å². The number of nitrogens with zero attached hydrogens (tertiary/aromatic N) is 4. The zero-order valence-corrected chi connectivity index (χ0v) is 22.2. The number of methoxy groups -OCH3 is 1. The molecule has 2 fully saturated rings. The Hall–Kier alpha value is -2.33. The molecule has 2 heterocycles. The first-order valence-electron chi connectivity index (χ1n) is 12.1. The highest BCUT2D eigenvalue weighted by Crippen LogP contribution is 2.23. The molecule has 11 heteroatoms. The van der Waals surface area contributed by atoms with Crippen LogP contribution in [-0.4, -0.2) is 115 Å². The van der Waals surface area contributed by atoms with Crippen molar-refractivity contribution < 1.29 is 24.2 Å². The number of piperidine rings is 1. The number of aliphatic hydroxyl groups excluding tert-OH is 1. The van der Waals surface area contributed by atoms with E-state index in [1.165, 1.54) is 13.2 Å². The number of carbonyl (C=O) groups is 3. The number of hydrogen-bond donors (Lipinski definition) is 1. The number of halogens is 2. The molecule has 3 rings (SSSR count). The van der Waals surface area contributed by atoms with Crippen LogP contribution in [0.15, 0.2) is 24.3 Å². The number of hydrogen-bond acceptors (Lipinski definition) is 6. The van der Waals surface area contributed by atoms with Crippen LogP contribution < -0.4 is 0 Å². The van der Waals surface area contributed by atoms with E-state index in [1.54, 1.807) is 46.0 Å². The summed E-state index contributed by atoms with van der Waals surface area (Å²) in [5.74, 6) is -0.257. The normalized spacial score (nSPS) is 18.9. The van der Waals surface area contributed by atoms with Crippen molar-refractivity contribution in [1.29, 1.82) is 0 Å². The van der Waals surface area contributed by atoms with Crippen molar-refractivity contribution in [2.45, 2.75) is 31.4 Å². The van der Waals surface area contributed by atoms with Crippen molar-refractivity contribution in [2.24, 2.45) is 0 Å². The molecule has 0 radical (unpaired) electrons. The van der Waals surface area contributed by atoms with Crippen LogP contribution >= 0.6 is 23.2 Å². The number of β-amino-alcohol motifs (C(OH)–C–C–N with tert-alkyl or cyclic N) is 1. The van der Waals surface area contributed by atoms with Gasteiger partial charge in [0.15, 0.2) is 0 Å². The summed E-state index contributed by atoms with van der Waals surface area (Å²) in [6.07, 6.45) is 3.92. The predicted molar refractivity (Wildman–Crippen MR) is 139 cm³/mol. The van der Waals surface area contributed by atoms with Gasteiger partial charge < -0.3 is 29.4 Å². The number of amides is 3. The van der Waals surface area contributed by atoms with Gasteiger partial charge >= 0.3 is 6.09 Å². The number of benzene rings is 1. The molecule has 1 aromatic carbocycles. The molecule has 198 valence electrons. The van der Waals surface area contributed by atoms with Gasteiger partial charge in [-0.1, -0.05) is 29.3 Å². The van der Waals surface area contributed by atoms with Gasteiger partial charge in [0.05, 0.1) is 23.3 Å². The molecule has 1 atom stereocenters. The lowest BCUT2D eigenvalue weighted by Crippen LogP contribution is -2.49. The minimum atomic E-state index is -0.694. The third-order valence-corrected chi connectivity index (χ3v) is 7.47. The quantitative estimate of drug-likeness (QED) is 0.534. The zero-order valence-electron chi connectivity index (χ0n) is 20.7. The molecule has 1 N–H and O–H groups in total. The second-order valence-electron chi connectivity index (χ2n) is 9.19. The van der Waals surface area contributed by atoms with Crippen LogP contribution in [0.4, 0.5) is 4.79 Å². The molecule has 3 amide bonds. The SMILES string of the molecule is COC(=O)N(C)C1CCN(CC(O)CN2CCN(C(=O)C=Cc3ccc(Cl)c(Cl)c3)CCC2=O)CC1. The summed E-state index contributed by atoms with van der Waals surface area (Å²) in [5.41, 5.74) is 0.759. The smallest absolute Gasteiger partial charge is 0.409 e. The lowest BCUT2D eigenvalue weighted by atomic mass is 10.0. The predicted octanol–water partition coefficient (Wildman–Crippen LogP) is 2.59. The molecule has 2 aliphatic heterocycles. The van der Waals surface area contributed by atoms with E-state index in [2.05, 4.69) is 4.90 Å². The Morgan fingerprint density at radius 3 is 2.53 bits per heavy atom. The summed E-state index contributed by atoms with van der Waals surface area (Å²) in [5, 5.41) is 11.5. The average Bonchev–Trinajstić information content (AvgIpc) is 3.05. The second kappa shape index (κ2) is 13.3. The molecular formula is C25H34Cl2N4O5. The molecule has 1 unspecified atom stereocenters. The van der Waals surface area contributed by atoms with Crippen LogP contribution in [0, 0.1) is 0 Å². The second-order valence-corrected chi connectivity index (χ2v) is 10.0. The van der Waals surface area contributed by atoms with Crippen LogP contribution in [0.5, 0.6) is 0 Å². The van der Waals surface area contributed by atoms with Crippen LogP contribution in [0.1, 0.15) is 24.8 Å².